The average molecular weight is 264 g/mol. The lowest BCUT2D eigenvalue weighted by Crippen LogP contribution is -2.45. The highest BCUT2D eigenvalue weighted by Crippen LogP contribution is 2.35. The first-order chi connectivity index (χ1) is 9.21. The van der Waals surface area contributed by atoms with Gasteiger partial charge in [-0.1, -0.05) is 6.92 Å². The zero-order chi connectivity index (χ0) is 13.7. The number of ether oxygens (including phenoxy) is 1. The van der Waals surface area contributed by atoms with Crippen molar-refractivity contribution in [3.8, 4) is 0 Å². The zero-order valence-corrected chi connectivity index (χ0v) is 12.1. The molecule has 0 aromatic carbocycles. The minimum Gasteiger partial charge on any atom is -0.376 e. The molecule has 19 heavy (non-hydrogen) atoms. The van der Waals surface area contributed by atoms with E-state index in [4.69, 9.17) is 4.74 Å². The summed E-state index contributed by atoms with van der Waals surface area (Å²) in [5.41, 5.74) is 0.00960. The van der Waals surface area contributed by atoms with E-state index >= 15 is 0 Å². The molecule has 1 aliphatic rings. The van der Waals surface area contributed by atoms with Gasteiger partial charge in [-0.25, -0.2) is 9.97 Å². The van der Waals surface area contributed by atoms with Gasteiger partial charge >= 0.3 is 0 Å². The van der Waals surface area contributed by atoms with Crippen molar-refractivity contribution in [2.45, 2.75) is 45.1 Å². The molecular formula is C14H24N4O. The summed E-state index contributed by atoms with van der Waals surface area (Å²) < 4.78 is 5.61. The second kappa shape index (κ2) is 6.19. The highest BCUT2D eigenvalue weighted by Gasteiger charge is 2.36. The lowest BCUT2D eigenvalue weighted by atomic mass is 9.80. The fourth-order valence-electron chi connectivity index (χ4n) is 2.29. The van der Waals surface area contributed by atoms with Gasteiger partial charge in [-0.3, -0.25) is 0 Å². The van der Waals surface area contributed by atoms with Gasteiger partial charge in [0, 0.05) is 32.7 Å². The van der Waals surface area contributed by atoms with Crippen LogP contribution in [0.25, 0.3) is 0 Å². The summed E-state index contributed by atoms with van der Waals surface area (Å²) in [7, 11) is 1.79. The van der Waals surface area contributed by atoms with Crippen molar-refractivity contribution in [3.63, 3.8) is 0 Å². The smallest absolute Gasteiger partial charge is 0.132 e. The van der Waals surface area contributed by atoms with Crippen LogP contribution in [0.4, 0.5) is 11.6 Å². The standard InChI is InChI=1S/C14H24N4O/c1-4-11-17-12(15-5-2)9-13(18-11)16-10-14(19-3)7-6-8-14/h9H,4-8,10H2,1-3H3,(H2,15,16,17,18). The Bertz CT molecular complexity index is 412. The Morgan fingerprint density at radius 1 is 1.21 bits per heavy atom. The Balaban J connectivity index is 2.04. The van der Waals surface area contributed by atoms with Gasteiger partial charge in [0.15, 0.2) is 0 Å². The molecule has 1 heterocycles. The summed E-state index contributed by atoms with van der Waals surface area (Å²) in [4.78, 5) is 8.96. The lowest BCUT2D eigenvalue weighted by molar-refractivity contribution is -0.0601. The van der Waals surface area contributed by atoms with Crippen LogP contribution in [0.2, 0.25) is 0 Å². The Hall–Kier alpha value is -1.36. The molecule has 2 rings (SSSR count). The van der Waals surface area contributed by atoms with Crippen LogP contribution in [0.3, 0.4) is 0 Å². The molecule has 1 aromatic rings. The third-order valence-corrected chi connectivity index (χ3v) is 3.74. The van der Waals surface area contributed by atoms with E-state index in [1.165, 1.54) is 6.42 Å². The number of rotatable bonds is 7. The maximum atomic E-state index is 5.61. The van der Waals surface area contributed by atoms with Crippen LogP contribution in [0.5, 0.6) is 0 Å². The van der Waals surface area contributed by atoms with Crippen LogP contribution >= 0.6 is 0 Å². The molecule has 0 radical (unpaired) electrons. The molecule has 1 aromatic heterocycles. The maximum Gasteiger partial charge on any atom is 0.132 e. The topological polar surface area (TPSA) is 59.1 Å². The van der Waals surface area contributed by atoms with E-state index in [0.29, 0.717) is 0 Å². The van der Waals surface area contributed by atoms with E-state index in [2.05, 4.69) is 34.4 Å². The molecule has 0 spiro atoms. The fraction of sp³-hybridized carbons (Fsp3) is 0.714. The molecule has 5 nitrogen and oxygen atoms in total. The first kappa shape index (κ1) is 14.1. The molecule has 1 aliphatic carbocycles. The van der Waals surface area contributed by atoms with Gasteiger partial charge in [0.25, 0.3) is 0 Å². The van der Waals surface area contributed by atoms with E-state index in [1.54, 1.807) is 7.11 Å². The second-order valence-corrected chi connectivity index (χ2v) is 5.03. The van der Waals surface area contributed by atoms with E-state index in [0.717, 1.165) is 49.8 Å². The third-order valence-electron chi connectivity index (χ3n) is 3.74. The summed E-state index contributed by atoms with van der Waals surface area (Å²) in [6, 6.07) is 1.96. The molecule has 106 valence electrons. The SMILES string of the molecule is CCNc1cc(NCC2(OC)CCC2)nc(CC)n1. The first-order valence-corrected chi connectivity index (χ1v) is 7.12. The van der Waals surface area contributed by atoms with Gasteiger partial charge in [0.1, 0.15) is 17.5 Å². The number of nitrogens with zero attached hydrogens (tertiary/aromatic N) is 2. The van der Waals surface area contributed by atoms with E-state index < -0.39 is 0 Å². The lowest BCUT2D eigenvalue weighted by Gasteiger charge is -2.40. The number of aryl methyl sites for hydroxylation is 1. The summed E-state index contributed by atoms with van der Waals surface area (Å²) >= 11 is 0. The zero-order valence-electron chi connectivity index (χ0n) is 12.1. The predicted molar refractivity (Wildman–Crippen MR) is 77.7 cm³/mol. The summed E-state index contributed by atoms with van der Waals surface area (Å²) in [6.07, 6.45) is 4.34. The molecule has 2 N–H and O–H groups in total. The molecule has 1 fully saturated rings. The predicted octanol–water partition coefficient (Wildman–Crippen LogP) is 2.45. The largest absolute Gasteiger partial charge is 0.376 e. The Kier molecular flexibility index (Phi) is 4.58. The first-order valence-electron chi connectivity index (χ1n) is 7.12. The van der Waals surface area contributed by atoms with Crippen LogP contribution in [0, 0.1) is 0 Å². The van der Waals surface area contributed by atoms with Gasteiger partial charge in [0.2, 0.25) is 0 Å². The molecule has 0 unspecified atom stereocenters. The minimum atomic E-state index is 0.00960. The number of aromatic nitrogens is 2. The van der Waals surface area contributed by atoms with E-state index in [9.17, 15) is 0 Å². The van der Waals surface area contributed by atoms with Gasteiger partial charge in [0.05, 0.1) is 5.60 Å². The molecular weight excluding hydrogens is 240 g/mol. The molecule has 0 aliphatic heterocycles. The maximum absolute atomic E-state index is 5.61. The Morgan fingerprint density at radius 3 is 2.37 bits per heavy atom. The van der Waals surface area contributed by atoms with Gasteiger partial charge < -0.3 is 15.4 Å². The minimum absolute atomic E-state index is 0.00960. The number of nitrogens with one attached hydrogen (secondary N) is 2. The molecule has 1 saturated carbocycles. The average Bonchev–Trinajstić information content (AvgIpc) is 2.38. The van der Waals surface area contributed by atoms with Crippen molar-refractivity contribution in [1.29, 1.82) is 0 Å². The van der Waals surface area contributed by atoms with Crippen LogP contribution in [-0.4, -0.2) is 35.8 Å². The number of hydrogen-bond donors (Lipinski definition) is 2. The number of anilines is 2. The van der Waals surface area contributed by atoms with Crippen LogP contribution in [0.15, 0.2) is 6.07 Å². The van der Waals surface area contributed by atoms with Crippen molar-refractivity contribution in [1.82, 2.24) is 9.97 Å². The second-order valence-electron chi connectivity index (χ2n) is 5.03. The monoisotopic (exact) mass is 264 g/mol. The van der Waals surface area contributed by atoms with E-state index in [-0.39, 0.29) is 5.60 Å². The number of hydrogen-bond acceptors (Lipinski definition) is 5. The summed E-state index contributed by atoms with van der Waals surface area (Å²) in [5, 5.41) is 6.64. The Labute approximate surface area is 115 Å². The van der Waals surface area contributed by atoms with Gasteiger partial charge in [-0.15, -0.1) is 0 Å². The van der Waals surface area contributed by atoms with Crippen molar-refractivity contribution in [3.05, 3.63) is 11.9 Å². The normalized spacial score (nSPS) is 16.8. The van der Waals surface area contributed by atoms with Crippen molar-refractivity contribution in [2.75, 3.05) is 30.8 Å². The van der Waals surface area contributed by atoms with Crippen molar-refractivity contribution in [2.24, 2.45) is 0 Å². The number of methoxy groups -OCH3 is 1. The van der Waals surface area contributed by atoms with Crippen LogP contribution in [0.1, 0.15) is 38.9 Å². The Morgan fingerprint density at radius 2 is 1.89 bits per heavy atom. The molecule has 0 bridgehead atoms. The van der Waals surface area contributed by atoms with Crippen molar-refractivity contribution < 1.29 is 4.74 Å². The molecule has 0 amide bonds. The molecule has 5 heteroatoms. The quantitative estimate of drug-likeness (QED) is 0.792. The fourth-order valence-corrected chi connectivity index (χ4v) is 2.29. The molecule has 0 saturated heterocycles. The van der Waals surface area contributed by atoms with Crippen molar-refractivity contribution >= 4 is 11.6 Å². The third kappa shape index (κ3) is 3.35. The van der Waals surface area contributed by atoms with Crippen LogP contribution in [-0.2, 0) is 11.2 Å². The highest BCUT2D eigenvalue weighted by molar-refractivity contribution is 5.47. The highest BCUT2D eigenvalue weighted by atomic mass is 16.5. The van der Waals surface area contributed by atoms with E-state index in [1.807, 2.05) is 6.07 Å². The summed E-state index contributed by atoms with van der Waals surface area (Å²) in [6.45, 7) is 5.81. The van der Waals surface area contributed by atoms with Gasteiger partial charge in [-0.05, 0) is 26.2 Å². The van der Waals surface area contributed by atoms with Crippen LogP contribution < -0.4 is 10.6 Å². The van der Waals surface area contributed by atoms with Gasteiger partial charge in [-0.2, -0.15) is 0 Å². The molecule has 0 atom stereocenters. The summed E-state index contributed by atoms with van der Waals surface area (Å²) in [5.74, 6) is 2.63.